The Balaban J connectivity index is 2.35. The standard InChI is InChI=1S/C11H15N3O2/c1-6(2)13-8-4-9-10(3-7(8)12)16-5-11(15)14-9/h3-4,6,13H,5,12H2,1-2H3,(H,14,15). The number of amides is 1. The summed E-state index contributed by atoms with van der Waals surface area (Å²) in [5.74, 6) is 0.471. The van der Waals surface area contributed by atoms with Crippen LogP contribution in [0.2, 0.25) is 0 Å². The maximum Gasteiger partial charge on any atom is 0.262 e. The summed E-state index contributed by atoms with van der Waals surface area (Å²) in [6.07, 6.45) is 0. The SMILES string of the molecule is CC(C)Nc1cc2c(cc1N)OCC(=O)N2. The Kier molecular flexibility index (Phi) is 2.60. The molecule has 2 rings (SSSR count). The summed E-state index contributed by atoms with van der Waals surface area (Å²) in [4.78, 5) is 11.2. The third-order valence-corrected chi connectivity index (χ3v) is 2.23. The first-order valence-electron chi connectivity index (χ1n) is 5.19. The number of benzene rings is 1. The van der Waals surface area contributed by atoms with E-state index in [2.05, 4.69) is 10.6 Å². The number of hydrogen-bond acceptors (Lipinski definition) is 4. The first-order chi connectivity index (χ1) is 7.56. The second-order valence-electron chi connectivity index (χ2n) is 4.07. The van der Waals surface area contributed by atoms with E-state index >= 15 is 0 Å². The second-order valence-corrected chi connectivity index (χ2v) is 4.07. The zero-order chi connectivity index (χ0) is 11.7. The maximum atomic E-state index is 11.2. The number of anilines is 3. The number of nitrogen functional groups attached to an aromatic ring is 1. The average molecular weight is 221 g/mol. The van der Waals surface area contributed by atoms with E-state index in [1.165, 1.54) is 0 Å². The van der Waals surface area contributed by atoms with Gasteiger partial charge in [-0.1, -0.05) is 0 Å². The largest absolute Gasteiger partial charge is 0.482 e. The first-order valence-corrected chi connectivity index (χ1v) is 5.19. The number of rotatable bonds is 2. The van der Waals surface area contributed by atoms with Gasteiger partial charge in [-0.2, -0.15) is 0 Å². The van der Waals surface area contributed by atoms with Crippen LogP contribution in [0.4, 0.5) is 17.1 Å². The molecule has 0 spiro atoms. The molecule has 86 valence electrons. The summed E-state index contributed by atoms with van der Waals surface area (Å²) in [6.45, 7) is 4.09. The molecule has 1 heterocycles. The van der Waals surface area contributed by atoms with Crippen LogP contribution in [0.5, 0.6) is 5.75 Å². The van der Waals surface area contributed by atoms with E-state index in [1.807, 2.05) is 13.8 Å². The molecule has 4 N–H and O–H groups in total. The lowest BCUT2D eigenvalue weighted by atomic mass is 10.2. The van der Waals surface area contributed by atoms with E-state index < -0.39 is 0 Å². The molecule has 0 saturated heterocycles. The highest BCUT2D eigenvalue weighted by Gasteiger charge is 2.17. The Morgan fingerprint density at radius 2 is 2.25 bits per heavy atom. The molecule has 0 unspecified atom stereocenters. The van der Waals surface area contributed by atoms with Crippen molar-refractivity contribution in [3.8, 4) is 5.75 Å². The number of fused-ring (bicyclic) bond motifs is 1. The second kappa shape index (κ2) is 3.92. The summed E-state index contributed by atoms with van der Waals surface area (Å²) in [5, 5.41) is 5.95. The van der Waals surface area contributed by atoms with Gasteiger partial charge in [-0.3, -0.25) is 4.79 Å². The Morgan fingerprint density at radius 1 is 1.50 bits per heavy atom. The van der Waals surface area contributed by atoms with Crippen molar-refractivity contribution in [3.63, 3.8) is 0 Å². The predicted molar refractivity (Wildman–Crippen MR) is 63.7 cm³/mol. The van der Waals surface area contributed by atoms with Gasteiger partial charge in [0.25, 0.3) is 5.91 Å². The Bertz CT molecular complexity index is 429. The van der Waals surface area contributed by atoms with E-state index in [-0.39, 0.29) is 18.6 Å². The fraction of sp³-hybridized carbons (Fsp3) is 0.364. The van der Waals surface area contributed by atoms with E-state index in [4.69, 9.17) is 10.5 Å². The topological polar surface area (TPSA) is 76.4 Å². The summed E-state index contributed by atoms with van der Waals surface area (Å²) in [7, 11) is 0. The third kappa shape index (κ3) is 2.03. The van der Waals surface area contributed by atoms with Gasteiger partial charge < -0.3 is 21.1 Å². The van der Waals surface area contributed by atoms with Crippen molar-refractivity contribution in [2.45, 2.75) is 19.9 Å². The molecule has 1 aliphatic heterocycles. The van der Waals surface area contributed by atoms with Crippen LogP contribution in [0.3, 0.4) is 0 Å². The van der Waals surface area contributed by atoms with Crippen LogP contribution in [0, 0.1) is 0 Å². The normalized spacial score (nSPS) is 14.1. The van der Waals surface area contributed by atoms with E-state index in [1.54, 1.807) is 12.1 Å². The van der Waals surface area contributed by atoms with Gasteiger partial charge in [0.1, 0.15) is 5.75 Å². The van der Waals surface area contributed by atoms with E-state index in [0.717, 1.165) is 5.69 Å². The highest BCUT2D eigenvalue weighted by molar-refractivity contribution is 5.97. The number of hydrogen-bond donors (Lipinski definition) is 3. The van der Waals surface area contributed by atoms with Crippen molar-refractivity contribution in [3.05, 3.63) is 12.1 Å². The molecule has 0 bridgehead atoms. The fourth-order valence-corrected chi connectivity index (χ4v) is 1.58. The molecule has 1 amide bonds. The van der Waals surface area contributed by atoms with Crippen molar-refractivity contribution in [2.75, 3.05) is 23.0 Å². The molecule has 5 heteroatoms. The van der Waals surface area contributed by atoms with Crippen LogP contribution in [-0.4, -0.2) is 18.6 Å². The summed E-state index contributed by atoms with van der Waals surface area (Å²) in [6, 6.07) is 3.79. The number of nitrogens with one attached hydrogen (secondary N) is 2. The molecule has 5 nitrogen and oxygen atoms in total. The van der Waals surface area contributed by atoms with Gasteiger partial charge in [-0.15, -0.1) is 0 Å². The summed E-state index contributed by atoms with van der Waals surface area (Å²) < 4.78 is 5.26. The smallest absolute Gasteiger partial charge is 0.262 e. The third-order valence-electron chi connectivity index (χ3n) is 2.23. The number of carbonyl (C=O) groups excluding carboxylic acids is 1. The first kappa shape index (κ1) is 10.6. The highest BCUT2D eigenvalue weighted by atomic mass is 16.5. The van der Waals surface area contributed by atoms with Crippen LogP contribution in [0.15, 0.2) is 12.1 Å². The minimum absolute atomic E-state index is 0.0450. The minimum atomic E-state index is -0.146. The van der Waals surface area contributed by atoms with Gasteiger partial charge in [0.05, 0.1) is 17.1 Å². The van der Waals surface area contributed by atoms with Crippen molar-refractivity contribution in [1.82, 2.24) is 0 Å². The van der Waals surface area contributed by atoms with Crippen molar-refractivity contribution in [1.29, 1.82) is 0 Å². The summed E-state index contributed by atoms with van der Waals surface area (Å²) >= 11 is 0. The lowest BCUT2D eigenvalue weighted by molar-refractivity contribution is -0.118. The van der Waals surface area contributed by atoms with E-state index in [0.29, 0.717) is 17.1 Å². The Labute approximate surface area is 94.0 Å². The lowest BCUT2D eigenvalue weighted by Gasteiger charge is -2.21. The molecular formula is C11H15N3O2. The van der Waals surface area contributed by atoms with Crippen LogP contribution in [0.1, 0.15) is 13.8 Å². The zero-order valence-corrected chi connectivity index (χ0v) is 9.33. The van der Waals surface area contributed by atoms with Crippen LogP contribution >= 0.6 is 0 Å². The van der Waals surface area contributed by atoms with Crippen molar-refractivity contribution >= 4 is 23.0 Å². The molecule has 0 saturated carbocycles. The predicted octanol–water partition coefficient (Wildman–Crippen LogP) is 1.42. The number of carbonyl (C=O) groups is 1. The maximum absolute atomic E-state index is 11.2. The van der Waals surface area contributed by atoms with Crippen LogP contribution < -0.4 is 21.1 Å². The lowest BCUT2D eigenvalue weighted by Crippen LogP contribution is -2.25. The number of ether oxygens (including phenoxy) is 1. The molecule has 1 aliphatic rings. The van der Waals surface area contributed by atoms with Crippen LogP contribution in [-0.2, 0) is 4.79 Å². The quantitative estimate of drug-likeness (QED) is 0.660. The van der Waals surface area contributed by atoms with Gasteiger partial charge in [-0.25, -0.2) is 0 Å². The zero-order valence-electron chi connectivity index (χ0n) is 9.33. The monoisotopic (exact) mass is 221 g/mol. The fourth-order valence-electron chi connectivity index (χ4n) is 1.58. The minimum Gasteiger partial charge on any atom is -0.482 e. The van der Waals surface area contributed by atoms with Gasteiger partial charge in [0.2, 0.25) is 0 Å². The van der Waals surface area contributed by atoms with Gasteiger partial charge in [0.15, 0.2) is 6.61 Å². The Morgan fingerprint density at radius 3 is 2.94 bits per heavy atom. The molecule has 0 aliphatic carbocycles. The molecule has 0 atom stereocenters. The Hall–Kier alpha value is -1.91. The molecule has 0 aromatic heterocycles. The van der Waals surface area contributed by atoms with Gasteiger partial charge in [0, 0.05) is 12.1 Å². The highest BCUT2D eigenvalue weighted by Crippen LogP contribution is 2.35. The number of nitrogens with two attached hydrogens (primary N) is 1. The average Bonchev–Trinajstić information content (AvgIpc) is 2.19. The van der Waals surface area contributed by atoms with Crippen LogP contribution in [0.25, 0.3) is 0 Å². The molecular weight excluding hydrogens is 206 g/mol. The summed E-state index contributed by atoms with van der Waals surface area (Å²) in [5.41, 5.74) is 7.95. The molecule has 16 heavy (non-hydrogen) atoms. The molecule has 1 aromatic rings. The van der Waals surface area contributed by atoms with Gasteiger partial charge in [-0.05, 0) is 19.9 Å². The molecule has 1 aromatic carbocycles. The van der Waals surface area contributed by atoms with Crippen molar-refractivity contribution in [2.24, 2.45) is 0 Å². The van der Waals surface area contributed by atoms with E-state index in [9.17, 15) is 4.79 Å². The molecule has 0 radical (unpaired) electrons. The van der Waals surface area contributed by atoms with Crippen molar-refractivity contribution < 1.29 is 9.53 Å². The van der Waals surface area contributed by atoms with Gasteiger partial charge >= 0.3 is 0 Å². The molecule has 0 fully saturated rings.